The average Bonchev–Trinajstić information content (AvgIpc) is 2.38. The summed E-state index contributed by atoms with van der Waals surface area (Å²) in [4.78, 5) is 7.93. The van der Waals surface area contributed by atoms with Crippen LogP contribution >= 0.6 is 0 Å². The van der Waals surface area contributed by atoms with E-state index in [9.17, 15) is 0 Å². The van der Waals surface area contributed by atoms with Gasteiger partial charge in [-0.1, -0.05) is 12.1 Å². The van der Waals surface area contributed by atoms with Crippen molar-refractivity contribution >= 4 is 0 Å². The fourth-order valence-electron chi connectivity index (χ4n) is 1.24. The molecule has 16 heavy (non-hydrogen) atoms. The summed E-state index contributed by atoms with van der Waals surface area (Å²) in [6.07, 6.45) is 4.80. The maximum absolute atomic E-state index is 5.45. The van der Waals surface area contributed by atoms with Crippen LogP contribution in [0, 0.1) is 0 Å². The molecule has 2 rings (SSSR count). The van der Waals surface area contributed by atoms with Gasteiger partial charge in [0.05, 0.1) is 13.3 Å². The van der Waals surface area contributed by atoms with Gasteiger partial charge < -0.3 is 9.47 Å². The Kier molecular flexibility index (Phi) is 3.33. The van der Waals surface area contributed by atoms with Crippen LogP contribution in [-0.4, -0.2) is 17.1 Å². The molecule has 0 saturated carbocycles. The Balaban J connectivity index is 1.94. The number of methoxy groups -OCH3 is 1. The van der Waals surface area contributed by atoms with Gasteiger partial charge in [-0.2, -0.15) is 0 Å². The molecule has 0 bridgehead atoms. The van der Waals surface area contributed by atoms with E-state index in [0.29, 0.717) is 12.5 Å². The predicted octanol–water partition coefficient (Wildman–Crippen LogP) is 2.06. The molecule has 1 aromatic heterocycles. The van der Waals surface area contributed by atoms with Crippen LogP contribution in [-0.2, 0) is 6.61 Å². The van der Waals surface area contributed by atoms with Gasteiger partial charge in [0.25, 0.3) is 0 Å². The smallest absolute Gasteiger partial charge is 0.232 e. The number of benzene rings is 1. The van der Waals surface area contributed by atoms with Crippen LogP contribution in [0.3, 0.4) is 0 Å². The SMILES string of the molecule is COc1ccc(COc2cnccn2)cc1. The van der Waals surface area contributed by atoms with E-state index >= 15 is 0 Å². The third-order valence-corrected chi connectivity index (χ3v) is 2.09. The zero-order valence-corrected chi connectivity index (χ0v) is 8.96. The molecule has 4 heteroatoms. The summed E-state index contributed by atoms with van der Waals surface area (Å²) in [5.74, 6) is 1.36. The van der Waals surface area contributed by atoms with E-state index in [4.69, 9.17) is 9.47 Å². The normalized spacial score (nSPS) is 9.81. The van der Waals surface area contributed by atoms with Gasteiger partial charge in [0, 0.05) is 12.4 Å². The second-order valence-electron chi connectivity index (χ2n) is 3.18. The lowest BCUT2D eigenvalue weighted by molar-refractivity contribution is 0.292. The number of hydrogen-bond donors (Lipinski definition) is 0. The molecular weight excluding hydrogens is 204 g/mol. The standard InChI is InChI=1S/C12H12N2O2/c1-15-11-4-2-10(3-5-11)9-16-12-8-13-6-7-14-12/h2-8H,9H2,1H3. The molecule has 0 unspecified atom stereocenters. The Morgan fingerprint density at radius 3 is 2.56 bits per heavy atom. The molecule has 0 N–H and O–H groups in total. The Labute approximate surface area is 93.9 Å². The molecule has 0 fully saturated rings. The second kappa shape index (κ2) is 5.11. The Morgan fingerprint density at radius 1 is 1.12 bits per heavy atom. The molecule has 1 aromatic carbocycles. The van der Waals surface area contributed by atoms with Crippen molar-refractivity contribution < 1.29 is 9.47 Å². The van der Waals surface area contributed by atoms with Crippen molar-refractivity contribution in [1.82, 2.24) is 9.97 Å². The second-order valence-corrected chi connectivity index (χ2v) is 3.18. The third-order valence-electron chi connectivity index (χ3n) is 2.09. The highest BCUT2D eigenvalue weighted by Gasteiger charge is 1.97. The molecule has 2 aromatic rings. The van der Waals surface area contributed by atoms with Crippen LogP contribution in [0.4, 0.5) is 0 Å². The van der Waals surface area contributed by atoms with Gasteiger partial charge in [0.1, 0.15) is 12.4 Å². The molecule has 0 radical (unpaired) electrons. The molecule has 0 aliphatic rings. The summed E-state index contributed by atoms with van der Waals surface area (Å²) in [7, 11) is 1.64. The van der Waals surface area contributed by atoms with Crippen molar-refractivity contribution in [2.75, 3.05) is 7.11 Å². The number of hydrogen-bond acceptors (Lipinski definition) is 4. The highest BCUT2D eigenvalue weighted by molar-refractivity contribution is 5.26. The monoisotopic (exact) mass is 216 g/mol. The summed E-state index contributed by atoms with van der Waals surface area (Å²) in [5, 5.41) is 0. The maximum Gasteiger partial charge on any atom is 0.232 e. The van der Waals surface area contributed by atoms with Gasteiger partial charge in [-0.15, -0.1) is 0 Å². The summed E-state index contributed by atoms with van der Waals surface area (Å²) in [6.45, 7) is 0.475. The van der Waals surface area contributed by atoms with Crippen molar-refractivity contribution in [1.29, 1.82) is 0 Å². The van der Waals surface area contributed by atoms with Gasteiger partial charge >= 0.3 is 0 Å². The van der Waals surface area contributed by atoms with E-state index in [-0.39, 0.29) is 0 Å². The van der Waals surface area contributed by atoms with E-state index in [1.54, 1.807) is 25.7 Å². The number of rotatable bonds is 4. The van der Waals surface area contributed by atoms with Crippen LogP contribution in [0.2, 0.25) is 0 Å². The lowest BCUT2D eigenvalue weighted by Gasteiger charge is -2.05. The molecule has 0 spiro atoms. The summed E-state index contributed by atoms with van der Waals surface area (Å²) >= 11 is 0. The number of ether oxygens (including phenoxy) is 2. The lowest BCUT2D eigenvalue weighted by atomic mass is 10.2. The van der Waals surface area contributed by atoms with Crippen molar-refractivity contribution in [3.8, 4) is 11.6 Å². The lowest BCUT2D eigenvalue weighted by Crippen LogP contribution is -1.97. The van der Waals surface area contributed by atoms with Crippen LogP contribution in [0.25, 0.3) is 0 Å². The molecule has 0 aliphatic carbocycles. The Hall–Kier alpha value is -2.10. The first kappa shape index (κ1) is 10.4. The van der Waals surface area contributed by atoms with Crippen molar-refractivity contribution in [2.45, 2.75) is 6.61 Å². The minimum Gasteiger partial charge on any atom is -0.497 e. The molecular formula is C12H12N2O2. The van der Waals surface area contributed by atoms with Crippen molar-refractivity contribution in [3.05, 3.63) is 48.4 Å². The van der Waals surface area contributed by atoms with Gasteiger partial charge in [-0.25, -0.2) is 4.98 Å². The van der Waals surface area contributed by atoms with E-state index < -0.39 is 0 Å². The highest BCUT2D eigenvalue weighted by atomic mass is 16.5. The van der Waals surface area contributed by atoms with Crippen LogP contribution < -0.4 is 9.47 Å². The van der Waals surface area contributed by atoms with Crippen molar-refractivity contribution in [3.63, 3.8) is 0 Å². The van der Waals surface area contributed by atoms with Gasteiger partial charge in [0.15, 0.2) is 0 Å². The first-order valence-corrected chi connectivity index (χ1v) is 4.90. The van der Waals surface area contributed by atoms with Crippen LogP contribution in [0.5, 0.6) is 11.6 Å². The molecule has 82 valence electrons. The first-order valence-electron chi connectivity index (χ1n) is 4.90. The van der Waals surface area contributed by atoms with Gasteiger partial charge in [-0.3, -0.25) is 4.98 Å². The van der Waals surface area contributed by atoms with Gasteiger partial charge in [0.2, 0.25) is 5.88 Å². The largest absolute Gasteiger partial charge is 0.497 e. The third kappa shape index (κ3) is 2.70. The Morgan fingerprint density at radius 2 is 1.94 bits per heavy atom. The minimum atomic E-state index is 0.475. The molecule has 4 nitrogen and oxygen atoms in total. The van der Waals surface area contributed by atoms with Crippen molar-refractivity contribution in [2.24, 2.45) is 0 Å². The van der Waals surface area contributed by atoms with Gasteiger partial charge in [-0.05, 0) is 17.7 Å². The van der Waals surface area contributed by atoms with Crippen LogP contribution in [0.1, 0.15) is 5.56 Å². The summed E-state index contributed by atoms with van der Waals surface area (Å²) < 4.78 is 10.5. The predicted molar refractivity (Wildman–Crippen MR) is 59.4 cm³/mol. The van der Waals surface area contributed by atoms with E-state index in [1.807, 2.05) is 24.3 Å². The highest BCUT2D eigenvalue weighted by Crippen LogP contribution is 2.12. The minimum absolute atomic E-state index is 0.475. The quantitative estimate of drug-likeness (QED) is 0.784. The summed E-state index contributed by atoms with van der Waals surface area (Å²) in [6, 6.07) is 7.70. The van der Waals surface area contributed by atoms with E-state index in [1.165, 1.54) is 0 Å². The molecule has 0 aliphatic heterocycles. The maximum atomic E-state index is 5.45. The molecule has 0 atom stereocenters. The fraction of sp³-hybridized carbons (Fsp3) is 0.167. The topological polar surface area (TPSA) is 44.2 Å². The number of aromatic nitrogens is 2. The van der Waals surface area contributed by atoms with E-state index in [0.717, 1.165) is 11.3 Å². The summed E-state index contributed by atoms with van der Waals surface area (Å²) in [5.41, 5.74) is 1.06. The zero-order valence-electron chi connectivity index (χ0n) is 8.96. The zero-order chi connectivity index (χ0) is 11.2. The Bertz CT molecular complexity index is 429. The number of nitrogens with zero attached hydrogens (tertiary/aromatic N) is 2. The molecule has 0 saturated heterocycles. The van der Waals surface area contributed by atoms with Crippen LogP contribution in [0.15, 0.2) is 42.9 Å². The fourth-order valence-corrected chi connectivity index (χ4v) is 1.24. The first-order chi connectivity index (χ1) is 7.88. The van der Waals surface area contributed by atoms with E-state index in [2.05, 4.69) is 9.97 Å². The molecule has 0 amide bonds. The average molecular weight is 216 g/mol. The molecule has 1 heterocycles.